The molecule has 0 amide bonds. The Bertz CT molecular complexity index is 799. The number of ether oxygens (including phenoxy) is 3. The summed E-state index contributed by atoms with van der Waals surface area (Å²) in [4.78, 5) is 36.9. The lowest BCUT2D eigenvalue weighted by molar-refractivity contribution is -0.150. The van der Waals surface area contributed by atoms with Gasteiger partial charge in [-0.15, -0.1) is 0 Å². The van der Waals surface area contributed by atoms with Gasteiger partial charge in [0, 0.05) is 19.4 Å². The molecule has 0 aromatic carbocycles. The van der Waals surface area contributed by atoms with E-state index >= 15 is 0 Å². The molecular weight excluding hydrogens is 650 g/mol. The monoisotopic (exact) mass is 738 g/mol. The summed E-state index contributed by atoms with van der Waals surface area (Å²) in [7, 11) is 1.86. The van der Waals surface area contributed by atoms with Crippen LogP contribution in [0.5, 0.6) is 0 Å². The van der Waals surface area contributed by atoms with Crippen LogP contribution in [0.4, 0.5) is 0 Å². The van der Waals surface area contributed by atoms with Gasteiger partial charge in [-0.3, -0.25) is 14.4 Å². The van der Waals surface area contributed by atoms with Crippen LogP contribution in [0.15, 0.2) is 0 Å². The van der Waals surface area contributed by atoms with Crippen molar-refractivity contribution >= 4 is 17.9 Å². The van der Waals surface area contributed by atoms with Crippen molar-refractivity contribution in [2.45, 2.75) is 209 Å². The van der Waals surface area contributed by atoms with Crippen molar-refractivity contribution in [3.8, 4) is 0 Å². The number of unbranched alkanes of at least 4 members (excludes halogenated alkanes) is 12. The van der Waals surface area contributed by atoms with E-state index in [1.807, 2.05) is 7.05 Å². The van der Waals surface area contributed by atoms with E-state index in [4.69, 9.17) is 14.2 Å². The molecule has 0 bridgehead atoms. The average Bonchev–Trinajstić information content (AvgIpc) is 3.08. The van der Waals surface area contributed by atoms with Crippen LogP contribution in [0.3, 0.4) is 0 Å². The Morgan fingerprint density at radius 2 is 0.808 bits per heavy atom. The highest BCUT2D eigenvalue weighted by atomic mass is 16.5. The minimum absolute atomic E-state index is 0.0164. The Balaban J connectivity index is 4.11. The van der Waals surface area contributed by atoms with E-state index in [-0.39, 0.29) is 24.0 Å². The highest BCUT2D eigenvalue weighted by Gasteiger charge is 2.18. The normalized spacial score (nSPS) is 13.6. The van der Waals surface area contributed by atoms with Crippen molar-refractivity contribution in [3.05, 3.63) is 0 Å². The summed E-state index contributed by atoms with van der Waals surface area (Å²) in [6.07, 6.45) is 23.5. The molecule has 7 nitrogen and oxygen atoms in total. The summed E-state index contributed by atoms with van der Waals surface area (Å²) in [5.41, 5.74) is 0. The van der Waals surface area contributed by atoms with Crippen molar-refractivity contribution in [1.29, 1.82) is 0 Å². The summed E-state index contributed by atoms with van der Waals surface area (Å²) in [6.45, 7) is 19.7. The molecule has 2 atom stereocenters. The first-order chi connectivity index (χ1) is 24.8. The maximum atomic E-state index is 12.4. The molecular formula is C45H87NO6. The van der Waals surface area contributed by atoms with Crippen molar-refractivity contribution < 1.29 is 28.6 Å². The molecule has 0 heterocycles. The average molecular weight is 738 g/mol. The molecule has 0 fully saturated rings. The highest BCUT2D eigenvalue weighted by molar-refractivity contribution is 5.70. The van der Waals surface area contributed by atoms with E-state index in [0.717, 1.165) is 89.9 Å². The molecule has 0 radical (unpaired) electrons. The molecule has 0 aliphatic carbocycles. The number of hydrogen-bond donors (Lipinski definition) is 1. The van der Waals surface area contributed by atoms with Gasteiger partial charge < -0.3 is 19.5 Å². The molecule has 0 aromatic heterocycles. The molecule has 0 aromatic rings. The van der Waals surface area contributed by atoms with Crippen LogP contribution in [0, 0.1) is 35.5 Å². The van der Waals surface area contributed by atoms with Crippen LogP contribution in [0.2, 0.25) is 0 Å². The van der Waals surface area contributed by atoms with E-state index in [2.05, 4.69) is 60.7 Å². The van der Waals surface area contributed by atoms with Gasteiger partial charge in [-0.25, -0.2) is 0 Å². The van der Waals surface area contributed by atoms with Crippen LogP contribution in [-0.4, -0.2) is 50.8 Å². The lowest BCUT2D eigenvalue weighted by Crippen LogP contribution is -2.21. The Kier molecular flexibility index (Phi) is 32.8. The molecule has 0 rings (SSSR count). The molecule has 0 aliphatic heterocycles. The van der Waals surface area contributed by atoms with Crippen molar-refractivity contribution in [1.82, 2.24) is 5.32 Å². The fourth-order valence-corrected chi connectivity index (χ4v) is 6.64. The summed E-state index contributed by atoms with van der Waals surface area (Å²) >= 11 is 0. The Labute approximate surface area is 322 Å². The van der Waals surface area contributed by atoms with Crippen molar-refractivity contribution in [2.75, 3.05) is 26.8 Å². The quantitative estimate of drug-likeness (QED) is 0.0389. The molecule has 1 N–H and O–H groups in total. The molecule has 0 saturated carbocycles. The molecule has 0 spiro atoms. The van der Waals surface area contributed by atoms with Gasteiger partial charge >= 0.3 is 17.9 Å². The minimum atomic E-state index is -0.0954. The van der Waals surface area contributed by atoms with Gasteiger partial charge in [0.1, 0.15) is 6.10 Å². The SMILES string of the molecule is CNCCC(=O)OC(CCCCCCCCCC(=O)OCC(CCC(C)C)C(C)C)CCCCCCCCCC(=O)OCC(CCC(C)C)C(C)C. The summed E-state index contributed by atoms with van der Waals surface area (Å²) in [5, 5.41) is 3.04. The lowest BCUT2D eigenvalue weighted by Gasteiger charge is -2.21. The first-order valence-electron chi connectivity index (χ1n) is 22.0. The van der Waals surface area contributed by atoms with Gasteiger partial charge in [0.25, 0.3) is 0 Å². The first kappa shape index (κ1) is 50.4. The number of carbonyl (C=O) groups excluding carboxylic acids is 3. The van der Waals surface area contributed by atoms with Crippen LogP contribution in [0.1, 0.15) is 203 Å². The van der Waals surface area contributed by atoms with Crippen LogP contribution < -0.4 is 5.32 Å². The molecule has 7 heteroatoms. The molecule has 0 saturated heterocycles. The number of rotatable bonds is 36. The Morgan fingerprint density at radius 3 is 1.15 bits per heavy atom. The fraction of sp³-hybridized carbons (Fsp3) is 0.933. The van der Waals surface area contributed by atoms with E-state index < -0.39 is 0 Å². The molecule has 52 heavy (non-hydrogen) atoms. The van der Waals surface area contributed by atoms with Crippen LogP contribution in [-0.2, 0) is 28.6 Å². The lowest BCUT2D eigenvalue weighted by atomic mass is 9.89. The third kappa shape index (κ3) is 31.9. The van der Waals surface area contributed by atoms with Gasteiger partial charge in [-0.1, -0.05) is 132 Å². The Morgan fingerprint density at radius 1 is 0.442 bits per heavy atom. The molecule has 308 valence electrons. The third-order valence-electron chi connectivity index (χ3n) is 10.7. The van der Waals surface area contributed by atoms with Gasteiger partial charge in [-0.05, 0) is 93.9 Å². The zero-order valence-corrected chi connectivity index (χ0v) is 35.9. The fourth-order valence-electron chi connectivity index (χ4n) is 6.64. The van der Waals surface area contributed by atoms with Gasteiger partial charge in [0.05, 0.1) is 19.6 Å². The number of nitrogens with one attached hydrogen (secondary N) is 1. The molecule has 2 unspecified atom stereocenters. The van der Waals surface area contributed by atoms with Gasteiger partial charge in [0.2, 0.25) is 0 Å². The second kappa shape index (κ2) is 33.9. The zero-order valence-electron chi connectivity index (χ0n) is 35.9. The van der Waals surface area contributed by atoms with E-state index in [0.29, 0.717) is 74.5 Å². The van der Waals surface area contributed by atoms with Gasteiger partial charge in [-0.2, -0.15) is 0 Å². The van der Waals surface area contributed by atoms with Crippen molar-refractivity contribution in [2.24, 2.45) is 35.5 Å². The number of hydrogen-bond acceptors (Lipinski definition) is 7. The third-order valence-corrected chi connectivity index (χ3v) is 10.7. The maximum Gasteiger partial charge on any atom is 0.307 e. The smallest absolute Gasteiger partial charge is 0.307 e. The second-order valence-electron chi connectivity index (χ2n) is 17.3. The number of carbonyl (C=O) groups is 3. The predicted octanol–water partition coefficient (Wildman–Crippen LogP) is 12.0. The van der Waals surface area contributed by atoms with E-state index in [9.17, 15) is 14.4 Å². The Hall–Kier alpha value is -1.63. The number of esters is 3. The van der Waals surface area contributed by atoms with Gasteiger partial charge in [0.15, 0.2) is 0 Å². The summed E-state index contributed by atoms with van der Waals surface area (Å²) in [6, 6.07) is 0. The predicted molar refractivity (Wildman–Crippen MR) is 218 cm³/mol. The second-order valence-corrected chi connectivity index (χ2v) is 17.3. The minimum Gasteiger partial charge on any atom is -0.465 e. The van der Waals surface area contributed by atoms with E-state index in [1.165, 1.54) is 38.5 Å². The maximum absolute atomic E-state index is 12.4. The van der Waals surface area contributed by atoms with Crippen LogP contribution in [0.25, 0.3) is 0 Å². The summed E-state index contributed by atoms with van der Waals surface area (Å²) in [5.74, 6) is 3.19. The molecule has 0 aliphatic rings. The van der Waals surface area contributed by atoms with E-state index in [1.54, 1.807) is 0 Å². The standard InChI is InChI=1S/C45H87NO6/c1-36(2)28-30-40(38(5)6)34-50-43(47)26-22-18-14-10-12-16-20-24-42(52-45(49)32-33-46-9)25-21-17-13-11-15-19-23-27-44(48)51-35-41(39(7)8)31-29-37(3)4/h36-42,46H,10-35H2,1-9H3. The zero-order chi connectivity index (χ0) is 39.0. The van der Waals surface area contributed by atoms with Crippen molar-refractivity contribution in [3.63, 3.8) is 0 Å². The highest BCUT2D eigenvalue weighted by Crippen LogP contribution is 2.23. The van der Waals surface area contributed by atoms with Crippen LogP contribution >= 0.6 is 0 Å². The topological polar surface area (TPSA) is 90.9 Å². The largest absolute Gasteiger partial charge is 0.465 e. The summed E-state index contributed by atoms with van der Waals surface area (Å²) < 4.78 is 17.2. The first-order valence-corrected chi connectivity index (χ1v) is 22.0.